The molecule has 11 heteroatoms. The lowest BCUT2D eigenvalue weighted by atomic mass is 10.1. The molecule has 2 rings (SSSR count). The molecule has 0 aliphatic heterocycles. The van der Waals surface area contributed by atoms with E-state index in [1.807, 2.05) is 19.1 Å². The number of hydrogen-bond acceptors (Lipinski definition) is 5. The average Bonchev–Trinajstić information content (AvgIpc) is 3.00. The van der Waals surface area contributed by atoms with Gasteiger partial charge in [-0.1, -0.05) is 36.9 Å². The molecule has 7 nitrogen and oxygen atoms in total. The molecule has 0 fully saturated rings. The van der Waals surface area contributed by atoms with Gasteiger partial charge in [0.15, 0.2) is 5.16 Å². The van der Waals surface area contributed by atoms with E-state index in [0.29, 0.717) is 5.69 Å². The smallest absolute Gasteiger partial charge is 0.336 e. The van der Waals surface area contributed by atoms with Crippen molar-refractivity contribution in [2.24, 2.45) is 7.05 Å². The Bertz CT molecular complexity index is 854. The molecule has 1 heterocycles. The van der Waals surface area contributed by atoms with E-state index in [1.165, 1.54) is 19.0 Å². The Kier molecular flexibility index (Phi) is 7.05. The van der Waals surface area contributed by atoms with E-state index in [9.17, 15) is 22.8 Å². The highest BCUT2D eigenvalue weighted by molar-refractivity contribution is 7.99. The number of benzene rings is 1. The quantitative estimate of drug-likeness (QED) is 0.703. The van der Waals surface area contributed by atoms with Crippen molar-refractivity contribution in [3.05, 3.63) is 35.7 Å². The molecule has 0 aliphatic carbocycles. The Labute approximate surface area is 164 Å². The van der Waals surface area contributed by atoms with E-state index in [1.54, 1.807) is 12.1 Å². The van der Waals surface area contributed by atoms with Crippen molar-refractivity contribution in [2.75, 3.05) is 24.7 Å². The van der Waals surface area contributed by atoms with Crippen LogP contribution < -0.4 is 5.32 Å². The molecule has 1 aromatic heterocycles. The largest absolute Gasteiger partial charge is 0.451 e. The number of thioether (sulfide) groups is 1. The van der Waals surface area contributed by atoms with Crippen LogP contribution in [0.25, 0.3) is 0 Å². The highest BCUT2D eigenvalue weighted by atomic mass is 32.2. The maximum absolute atomic E-state index is 12.7. The lowest BCUT2D eigenvalue weighted by Gasteiger charge is -2.17. The molecular formula is C17H20F3N5O2S. The van der Waals surface area contributed by atoms with Crippen molar-refractivity contribution in [1.29, 1.82) is 0 Å². The summed E-state index contributed by atoms with van der Waals surface area (Å²) < 4.78 is 38.9. The van der Waals surface area contributed by atoms with Crippen LogP contribution in [0.15, 0.2) is 29.4 Å². The number of carbonyl (C=O) groups excluding carboxylic acids is 2. The summed E-state index contributed by atoms with van der Waals surface area (Å²) in [5.41, 5.74) is 1.66. The molecule has 0 aliphatic rings. The summed E-state index contributed by atoms with van der Waals surface area (Å²) in [6.07, 6.45) is -3.87. The third-order valence-corrected chi connectivity index (χ3v) is 4.90. The maximum atomic E-state index is 12.7. The second-order valence-corrected chi connectivity index (χ2v) is 6.90. The fourth-order valence-electron chi connectivity index (χ4n) is 2.37. The number of nitrogens with zero attached hydrogens (tertiary/aromatic N) is 4. The average molecular weight is 415 g/mol. The van der Waals surface area contributed by atoms with E-state index in [2.05, 4.69) is 15.5 Å². The monoisotopic (exact) mass is 415 g/mol. The number of alkyl halides is 3. The predicted octanol–water partition coefficient (Wildman–Crippen LogP) is 2.59. The third-order valence-electron chi connectivity index (χ3n) is 3.89. The molecule has 0 bridgehead atoms. The number of rotatable bonds is 7. The van der Waals surface area contributed by atoms with Crippen LogP contribution in [0.1, 0.15) is 18.3 Å². The van der Waals surface area contributed by atoms with Gasteiger partial charge in [0.1, 0.15) is 0 Å². The summed E-state index contributed by atoms with van der Waals surface area (Å²) in [7, 11) is 2.63. The van der Waals surface area contributed by atoms with Crippen molar-refractivity contribution >= 4 is 29.3 Å². The SMILES string of the molecule is CCc1ccccc1NC(=O)CN(C)C(=O)CSc1nnc(C(F)(F)F)n1C. The van der Waals surface area contributed by atoms with Crippen molar-refractivity contribution in [2.45, 2.75) is 24.7 Å². The zero-order valence-corrected chi connectivity index (χ0v) is 16.4. The van der Waals surface area contributed by atoms with Crippen molar-refractivity contribution in [3.63, 3.8) is 0 Å². The van der Waals surface area contributed by atoms with Gasteiger partial charge in [-0.3, -0.25) is 9.59 Å². The van der Waals surface area contributed by atoms with Crippen molar-refractivity contribution < 1.29 is 22.8 Å². The summed E-state index contributed by atoms with van der Waals surface area (Å²) >= 11 is 0.824. The Morgan fingerprint density at radius 2 is 1.93 bits per heavy atom. The molecule has 1 N–H and O–H groups in total. The van der Waals surface area contributed by atoms with Gasteiger partial charge in [0.2, 0.25) is 17.6 Å². The topological polar surface area (TPSA) is 80.1 Å². The van der Waals surface area contributed by atoms with E-state index < -0.39 is 17.9 Å². The van der Waals surface area contributed by atoms with Crippen molar-refractivity contribution in [1.82, 2.24) is 19.7 Å². The van der Waals surface area contributed by atoms with Crippen LogP contribution in [0, 0.1) is 0 Å². The summed E-state index contributed by atoms with van der Waals surface area (Å²) in [6.45, 7) is 1.79. The van der Waals surface area contributed by atoms with E-state index in [-0.39, 0.29) is 23.4 Å². The van der Waals surface area contributed by atoms with Crippen LogP contribution in [0.2, 0.25) is 0 Å². The van der Waals surface area contributed by atoms with E-state index >= 15 is 0 Å². The fraction of sp³-hybridized carbons (Fsp3) is 0.412. The lowest BCUT2D eigenvalue weighted by Crippen LogP contribution is -2.36. The fourth-order valence-corrected chi connectivity index (χ4v) is 3.22. The molecule has 2 amide bonds. The Morgan fingerprint density at radius 3 is 2.54 bits per heavy atom. The molecule has 0 spiro atoms. The summed E-state index contributed by atoms with van der Waals surface area (Å²) in [6, 6.07) is 7.35. The second kappa shape index (κ2) is 9.09. The minimum absolute atomic E-state index is 0.0320. The van der Waals surface area contributed by atoms with Gasteiger partial charge in [0, 0.05) is 19.8 Å². The molecule has 28 heavy (non-hydrogen) atoms. The Hall–Kier alpha value is -2.56. The first kappa shape index (κ1) is 21.7. The first-order valence-electron chi connectivity index (χ1n) is 8.34. The highest BCUT2D eigenvalue weighted by Gasteiger charge is 2.37. The normalized spacial score (nSPS) is 11.4. The third kappa shape index (κ3) is 5.47. The van der Waals surface area contributed by atoms with Crippen LogP contribution >= 0.6 is 11.8 Å². The lowest BCUT2D eigenvalue weighted by molar-refractivity contribution is -0.147. The van der Waals surface area contributed by atoms with Gasteiger partial charge in [-0.25, -0.2) is 0 Å². The first-order valence-corrected chi connectivity index (χ1v) is 9.33. The molecule has 0 saturated heterocycles. The summed E-state index contributed by atoms with van der Waals surface area (Å²) in [5, 5.41) is 9.28. The number of para-hydroxylation sites is 1. The summed E-state index contributed by atoms with van der Waals surface area (Å²) in [4.78, 5) is 25.6. The van der Waals surface area contributed by atoms with Crippen LogP contribution in [0.5, 0.6) is 0 Å². The molecular weight excluding hydrogens is 395 g/mol. The standard InChI is InChI=1S/C17H20F3N5O2S/c1-4-11-7-5-6-8-12(11)21-13(26)9-24(2)14(27)10-28-16-23-22-15(25(16)3)17(18,19)20/h5-8H,4,9-10H2,1-3H3,(H,21,26). The van der Waals surface area contributed by atoms with Gasteiger partial charge in [0.05, 0.1) is 12.3 Å². The van der Waals surface area contributed by atoms with Gasteiger partial charge in [-0.15, -0.1) is 10.2 Å². The second-order valence-electron chi connectivity index (χ2n) is 5.96. The number of aryl methyl sites for hydroxylation is 1. The zero-order chi connectivity index (χ0) is 20.9. The minimum Gasteiger partial charge on any atom is -0.336 e. The number of carbonyl (C=O) groups is 2. The molecule has 2 aromatic rings. The van der Waals surface area contributed by atoms with Gasteiger partial charge < -0.3 is 14.8 Å². The molecule has 0 atom stereocenters. The van der Waals surface area contributed by atoms with Gasteiger partial charge in [-0.2, -0.15) is 13.2 Å². The number of anilines is 1. The first-order chi connectivity index (χ1) is 13.1. The number of halogens is 3. The van der Waals surface area contributed by atoms with Gasteiger partial charge in [0.25, 0.3) is 0 Å². The minimum atomic E-state index is -4.62. The van der Waals surface area contributed by atoms with Crippen LogP contribution in [0.4, 0.5) is 18.9 Å². The Morgan fingerprint density at radius 1 is 1.25 bits per heavy atom. The maximum Gasteiger partial charge on any atom is 0.451 e. The predicted molar refractivity (Wildman–Crippen MR) is 98.8 cm³/mol. The zero-order valence-electron chi connectivity index (χ0n) is 15.6. The molecule has 0 unspecified atom stereocenters. The van der Waals surface area contributed by atoms with Crippen LogP contribution in [-0.2, 0) is 29.2 Å². The Balaban J connectivity index is 1.89. The molecule has 0 saturated carbocycles. The molecule has 0 radical (unpaired) electrons. The van der Waals surface area contributed by atoms with E-state index in [0.717, 1.165) is 28.3 Å². The number of hydrogen-bond donors (Lipinski definition) is 1. The number of aromatic nitrogens is 3. The van der Waals surface area contributed by atoms with Crippen LogP contribution in [-0.4, -0.2) is 50.8 Å². The van der Waals surface area contributed by atoms with Gasteiger partial charge in [-0.05, 0) is 18.1 Å². The number of likely N-dealkylation sites (N-methyl/N-ethyl adjacent to an activating group) is 1. The van der Waals surface area contributed by atoms with Gasteiger partial charge >= 0.3 is 6.18 Å². The molecule has 152 valence electrons. The van der Waals surface area contributed by atoms with Crippen molar-refractivity contribution in [3.8, 4) is 0 Å². The highest BCUT2D eigenvalue weighted by Crippen LogP contribution is 2.29. The number of amides is 2. The molecule has 1 aromatic carbocycles. The van der Waals surface area contributed by atoms with E-state index in [4.69, 9.17) is 0 Å². The van der Waals surface area contributed by atoms with Crippen LogP contribution in [0.3, 0.4) is 0 Å². The summed E-state index contributed by atoms with van der Waals surface area (Å²) in [5.74, 6) is -2.08. The number of nitrogens with one attached hydrogen (secondary N) is 1.